The highest BCUT2D eigenvalue weighted by atomic mass is 32.1. The van der Waals surface area contributed by atoms with Crippen LogP contribution < -0.4 is 0 Å². The van der Waals surface area contributed by atoms with Gasteiger partial charge in [0.1, 0.15) is 5.82 Å². The van der Waals surface area contributed by atoms with Gasteiger partial charge in [0.25, 0.3) is 5.91 Å². The quantitative estimate of drug-likeness (QED) is 0.868. The average Bonchev–Trinajstić information content (AvgIpc) is 3.06. The predicted octanol–water partition coefficient (Wildman–Crippen LogP) is 1.78. The molecule has 112 valence electrons. The van der Waals surface area contributed by atoms with E-state index >= 15 is 0 Å². The van der Waals surface area contributed by atoms with Gasteiger partial charge >= 0.3 is 0 Å². The predicted molar refractivity (Wildman–Crippen MR) is 83.3 cm³/mol. The normalized spacial score (nSPS) is 18.6. The molecule has 0 bridgehead atoms. The molecule has 0 saturated carbocycles. The Kier molecular flexibility index (Phi) is 4.07. The third kappa shape index (κ3) is 3.16. The van der Waals surface area contributed by atoms with Gasteiger partial charge in [-0.1, -0.05) is 6.07 Å². The molecule has 2 aromatic heterocycles. The second-order valence-electron chi connectivity index (χ2n) is 5.79. The Morgan fingerprint density at radius 1 is 1.48 bits per heavy atom. The smallest absolute Gasteiger partial charge is 0.264 e. The van der Waals surface area contributed by atoms with Gasteiger partial charge in [-0.05, 0) is 25.5 Å². The molecule has 0 fully saturated rings. The van der Waals surface area contributed by atoms with E-state index in [-0.39, 0.29) is 5.91 Å². The highest BCUT2D eigenvalue weighted by molar-refractivity contribution is 7.12. The van der Waals surface area contributed by atoms with Crippen LogP contribution in [0.4, 0.5) is 0 Å². The molecule has 1 atom stereocenters. The van der Waals surface area contributed by atoms with Crippen molar-refractivity contribution >= 4 is 17.2 Å². The first kappa shape index (κ1) is 14.3. The van der Waals surface area contributed by atoms with Gasteiger partial charge in [-0.3, -0.25) is 4.79 Å². The summed E-state index contributed by atoms with van der Waals surface area (Å²) in [6.45, 7) is 3.25. The number of carbonyl (C=O) groups is 1. The third-order valence-electron chi connectivity index (χ3n) is 3.71. The fourth-order valence-corrected chi connectivity index (χ4v) is 3.57. The summed E-state index contributed by atoms with van der Waals surface area (Å²) in [4.78, 5) is 22.0. The summed E-state index contributed by atoms with van der Waals surface area (Å²) >= 11 is 1.50. The van der Waals surface area contributed by atoms with Crippen LogP contribution in [-0.2, 0) is 13.1 Å². The molecule has 0 radical (unpaired) electrons. The maximum atomic E-state index is 12.7. The van der Waals surface area contributed by atoms with Crippen molar-refractivity contribution in [2.45, 2.75) is 13.1 Å². The summed E-state index contributed by atoms with van der Waals surface area (Å²) in [6, 6.07) is 3.82. The van der Waals surface area contributed by atoms with Gasteiger partial charge in [0.05, 0.1) is 11.4 Å². The molecular weight excluding hydrogens is 284 g/mol. The van der Waals surface area contributed by atoms with Crippen LogP contribution in [0.15, 0.2) is 29.9 Å². The first-order valence-electron chi connectivity index (χ1n) is 7.11. The summed E-state index contributed by atoms with van der Waals surface area (Å²) in [5, 5.41) is 1.95. The number of thiophene rings is 1. The monoisotopic (exact) mass is 304 g/mol. The molecule has 3 rings (SSSR count). The zero-order chi connectivity index (χ0) is 14.8. The SMILES string of the molecule is CN(C)C[C@@H]1CN(C(=O)c2cccs2)Cc2nccn2C1. The van der Waals surface area contributed by atoms with Gasteiger partial charge in [-0.15, -0.1) is 11.3 Å². The molecule has 1 amide bonds. The van der Waals surface area contributed by atoms with Crippen LogP contribution in [0.5, 0.6) is 0 Å². The summed E-state index contributed by atoms with van der Waals surface area (Å²) in [6.07, 6.45) is 3.83. The number of fused-ring (bicyclic) bond motifs is 1. The summed E-state index contributed by atoms with van der Waals surface area (Å²) < 4.78 is 2.18. The number of carbonyl (C=O) groups excluding carboxylic acids is 1. The van der Waals surface area contributed by atoms with E-state index in [2.05, 4.69) is 28.5 Å². The summed E-state index contributed by atoms with van der Waals surface area (Å²) in [7, 11) is 4.15. The highest BCUT2D eigenvalue weighted by Crippen LogP contribution is 2.20. The van der Waals surface area contributed by atoms with Crippen LogP contribution in [0.25, 0.3) is 0 Å². The van der Waals surface area contributed by atoms with Crippen molar-refractivity contribution in [2.24, 2.45) is 5.92 Å². The van der Waals surface area contributed by atoms with E-state index in [0.29, 0.717) is 12.5 Å². The first-order chi connectivity index (χ1) is 10.1. The van der Waals surface area contributed by atoms with Crippen LogP contribution in [0.1, 0.15) is 15.5 Å². The zero-order valence-electron chi connectivity index (χ0n) is 12.4. The van der Waals surface area contributed by atoms with Gasteiger partial charge in [0, 0.05) is 37.9 Å². The largest absolute Gasteiger partial charge is 0.333 e. The fraction of sp³-hybridized carbons (Fsp3) is 0.467. The lowest BCUT2D eigenvalue weighted by atomic mass is 10.1. The van der Waals surface area contributed by atoms with Gasteiger partial charge in [0.2, 0.25) is 0 Å². The molecule has 0 aromatic carbocycles. The van der Waals surface area contributed by atoms with Crippen LogP contribution in [0, 0.1) is 5.92 Å². The molecule has 5 nitrogen and oxygen atoms in total. The summed E-state index contributed by atoms with van der Waals surface area (Å²) in [5.41, 5.74) is 0. The van der Waals surface area contributed by atoms with Crippen molar-refractivity contribution < 1.29 is 4.79 Å². The Hall–Kier alpha value is -1.66. The molecule has 1 aliphatic rings. The van der Waals surface area contributed by atoms with E-state index in [9.17, 15) is 4.79 Å². The number of hydrogen-bond donors (Lipinski definition) is 0. The van der Waals surface area contributed by atoms with Crippen molar-refractivity contribution in [3.63, 3.8) is 0 Å². The van der Waals surface area contributed by atoms with E-state index < -0.39 is 0 Å². The molecule has 6 heteroatoms. The maximum absolute atomic E-state index is 12.7. The molecule has 0 unspecified atom stereocenters. The molecule has 1 aliphatic heterocycles. The molecule has 0 spiro atoms. The van der Waals surface area contributed by atoms with Gasteiger partial charge < -0.3 is 14.4 Å². The van der Waals surface area contributed by atoms with Crippen molar-refractivity contribution in [1.82, 2.24) is 19.4 Å². The third-order valence-corrected chi connectivity index (χ3v) is 4.57. The lowest BCUT2D eigenvalue weighted by Crippen LogP contribution is -2.37. The topological polar surface area (TPSA) is 41.4 Å². The van der Waals surface area contributed by atoms with Crippen LogP contribution in [0.2, 0.25) is 0 Å². The van der Waals surface area contributed by atoms with E-state index in [4.69, 9.17) is 0 Å². The van der Waals surface area contributed by atoms with Gasteiger partial charge in [-0.2, -0.15) is 0 Å². The Labute approximate surface area is 128 Å². The van der Waals surface area contributed by atoms with E-state index in [0.717, 1.165) is 30.3 Å². The van der Waals surface area contributed by atoms with Crippen LogP contribution in [0.3, 0.4) is 0 Å². The number of nitrogens with zero attached hydrogens (tertiary/aromatic N) is 4. The minimum atomic E-state index is 0.116. The number of imidazole rings is 1. The molecule has 3 heterocycles. The molecule has 0 aliphatic carbocycles. The van der Waals surface area contributed by atoms with Crippen LogP contribution >= 0.6 is 11.3 Å². The zero-order valence-corrected chi connectivity index (χ0v) is 13.2. The van der Waals surface area contributed by atoms with Crippen LogP contribution in [-0.4, -0.2) is 52.4 Å². The molecule has 2 aromatic rings. The minimum absolute atomic E-state index is 0.116. The Bertz CT molecular complexity index is 605. The van der Waals surface area contributed by atoms with E-state index in [1.54, 1.807) is 0 Å². The first-order valence-corrected chi connectivity index (χ1v) is 7.99. The summed E-state index contributed by atoms with van der Waals surface area (Å²) in [5.74, 6) is 1.51. The number of rotatable bonds is 3. The Morgan fingerprint density at radius 2 is 2.33 bits per heavy atom. The maximum Gasteiger partial charge on any atom is 0.264 e. The number of hydrogen-bond acceptors (Lipinski definition) is 4. The minimum Gasteiger partial charge on any atom is -0.333 e. The fourth-order valence-electron chi connectivity index (χ4n) is 2.88. The Balaban J connectivity index is 1.84. The average molecular weight is 304 g/mol. The van der Waals surface area contributed by atoms with Crippen molar-refractivity contribution in [2.75, 3.05) is 27.2 Å². The number of aromatic nitrogens is 2. The van der Waals surface area contributed by atoms with E-state index in [1.807, 2.05) is 34.8 Å². The Morgan fingerprint density at radius 3 is 3.05 bits per heavy atom. The van der Waals surface area contributed by atoms with Gasteiger partial charge in [-0.25, -0.2) is 4.98 Å². The van der Waals surface area contributed by atoms with Crippen molar-refractivity contribution in [1.29, 1.82) is 0 Å². The lowest BCUT2D eigenvalue weighted by Gasteiger charge is -2.25. The highest BCUT2D eigenvalue weighted by Gasteiger charge is 2.26. The second-order valence-corrected chi connectivity index (χ2v) is 6.73. The van der Waals surface area contributed by atoms with Crippen molar-refractivity contribution in [3.05, 3.63) is 40.6 Å². The van der Waals surface area contributed by atoms with Gasteiger partial charge in [0.15, 0.2) is 0 Å². The number of amides is 1. The van der Waals surface area contributed by atoms with Crippen molar-refractivity contribution in [3.8, 4) is 0 Å². The van der Waals surface area contributed by atoms with E-state index in [1.165, 1.54) is 11.3 Å². The lowest BCUT2D eigenvalue weighted by molar-refractivity contribution is 0.0715. The molecule has 0 saturated heterocycles. The molecule has 21 heavy (non-hydrogen) atoms. The standard InChI is InChI=1S/C15H20N4OS/c1-17(2)8-12-9-18-6-5-16-14(18)11-19(10-12)15(20)13-4-3-7-21-13/h3-7,12H,8-11H2,1-2H3/t12-/m0/s1. The molecular formula is C15H20N4OS. The molecule has 0 N–H and O–H groups in total. The second kappa shape index (κ2) is 5.99.